The van der Waals surface area contributed by atoms with Gasteiger partial charge in [-0.1, -0.05) is 21.1 Å². The molecule has 2 aromatic carbocycles. The van der Waals surface area contributed by atoms with E-state index in [0.29, 0.717) is 4.47 Å². The van der Waals surface area contributed by atoms with Crippen LogP contribution in [0.5, 0.6) is 0 Å². The van der Waals surface area contributed by atoms with E-state index >= 15 is 0 Å². The number of aromatic nitrogens is 3. The Morgan fingerprint density at radius 3 is 2.53 bits per heavy atom. The number of hydrogen-bond acceptors (Lipinski definition) is 10. The Morgan fingerprint density at radius 1 is 1.21 bits per heavy atom. The van der Waals surface area contributed by atoms with E-state index in [4.69, 9.17) is 14.2 Å². The summed E-state index contributed by atoms with van der Waals surface area (Å²) in [6.07, 6.45) is -5.52. The van der Waals surface area contributed by atoms with Crippen molar-refractivity contribution in [2.45, 2.75) is 42.6 Å². The summed E-state index contributed by atoms with van der Waals surface area (Å²) in [7, 11) is 1.25. The highest BCUT2D eigenvalue weighted by atomic mass is 79.9. The molecule has 7 atom stereocenters. The molecule has 2 saturated heterocycles. The number of ether oxygens (including phenoxy) is 3. The Kier molecular flexibility index (Phi) is 9.13. The number of amides is 1. The minimum Gasteiger partial charge on any atom is -0.394 e. The fourth-order valence-electron chi connectivity index (χ4n) is 5.29. The Morgan fingerprint density at radius 2 is 1.93 bits per heavy atom. The monoisotopic (exact) mass is 667 g/mol. The van der Waals surface area contributed by atoms with E-state index in [9.17, 15) is 38.5 Å². The number of carbonyl (C=O) groups is 1. The Labute approximate surface area is 250 Å². The summed E-state index contributed by atoms with van der Waals surface area (Å²) >= 11 is 3.33. The molecule has 228 valence electrons. The molecule has 3 aromatic rings. The molecule has 2 aliphatic heterocycles. The van der Waals surface area contributed by atoms with Crippen molar-refractivity contribution in [3.05, 3.63) is 64.0 Å². The van der Waals surface area contributed by atoms with Gasteiger partial charge in [0.05, 0.1) is 43.7 Å². The molecule has 43 heavy (non-hydrogen) atoms. The predicted molar refractivity (Wildman–Crippen MR) is 144 cm³/mol. The Bertz CT molecular complexity index is 1530. The van der Waals surface area contributed by atoms with Crippen LogP contribution >= 0.6 is 15.9 Å². The molecular weight excluding hydrogens is 643 g/mol. The topological polar surface area (TPSA) is 163 Å². The number of methoxy groups -OCH3 is 1. The van der Waals surface area contributed by atoms with Crippen molar-refractivity contribution < 1.29 is 47.5 Å². The first kappa shape index (κ1) is 31.0. The minimum atomic E-state index is -1.66. The molecule has 12 nitrogen and oxygen atoms in total. The van der Waals surface area contributed by atoms with Crippen LogP contribution in [0, 0.1) is 28.8 Å². The number of halogens is 4. The second-order valence-electron chi connectivity index (χ2n) is 9.99. The quantitative estimate of drug-likeness (QED) is 0.315. The molecule has 3 heterocycles. The largest absolute Gasteiger partial charge is 0.394 e. The van der Waals surface area contributed by atoms with Gasteiger partial charge in [0.1, 0.15) is 36.2 Å². The third-order valence-corrected chi connectivity index (χ3v) is 7.82. The van der Waals surface area contributed by atoms with Gasteiger partial charge in [-0.2, -0.15) is 5.26 Å². The molecule has 0 unspecified atom stereocenters. The van der Waals surface area contributed by atoms with Crippen LogP contribution in [0.3, 0.4) is 0 Å². The van der Waals surface area contributed by atoms with Crippen molar-refractivity contribution in [1.29, 1.82) is 5.26 Å². The molecule has 1 aromatic heterocycles. The summed E-state index contributed by atoms with van der Waals surface area (Å²) in [6, 6.07) is 5.88. The summed E-state index contributed by atoms with van der Waals surface area (Å²) in [4.78, 5) is 15.5. The van der Waals surface area contributed by atoms with E-state index in [1.807, 2.05) is 6.07 Å². The van der Waals surface area contributed by atoms with Crippen molar-refractivity contribution in [3.63, 3.8) is 0 Å². The number of benzene rings is 2. The van der Waals surface area contributed by atoms with Crippen LogP contribution < -0.4 is 4.90 Å². The molecule has 0 radical (unpaired) electrons. The third kappa shape index (κ3) is 5.89. The zero-order valence-corrected chi connectivity index (χ0v) is 23.9. The lowest BCUT2D eigenvalue weighted by molar-refractivity contribution is -0.211. The van der Waals surface area contributed by atoms with Crippen LogP contribution in [0.2, 0.25) is 0 Å². The first-order valence-electron chi connectivity index (χ1n) is 12.9. The van der Waals surface area contributed by atoms with Crippen LogP contribution in [0.4, 0.5) is 18.9 Å². The number of aliphatic hydroxyl groups excluding tert-OH is 3. The van der Waals surface area contributed by atoms with E-state index in [1.165, 1.54) is 30.3 Å². The van der Waals surface area contributed by atoms with Gasteiger partial charge < -0.3 is 34.4 Å². The van der Waals surface area contributed by atoms with Crippen molar-refractivity contribution in [2.75, 3.05) is 31.8 Å². The second-order valence-corrected chi connectivity index (χ2v) is 10.9. The fraction of sp³-hybridized carbons (Fsp3) is 0.407. The number of aliphatic hydroxyl groups is 3. The van der Waals surface area contributed by atoms with Gasteiger partial charge in [0.2, 0.25) is 0 Å². The molecule has 0 spiro atoms. The maximum absolute atomic E-state index is 14.3. The molecule has 16 heteroatoms. The number of anilines is 1. The number of hydrogen-bond donors (Lipinski definition) is 3. The summed E-state index contributed by atoms with van der Waals surface area (Å²) in [6.45, 7) is -0.823. The van der Waals surface area contributed by atoms with E-state index in [0.717, 1.165) is 16.8 Å². The lowest BCUT2D eigenvalue weighted by Gasteiger charge is -2.45. The number of nitriles is 1. The van der Waals surface area contributed by atoms with Gasteiger partial charge in [-0.05, 0) is 30.3 Å². The second kappa shape index (κ2) is 12.7. The van der Waals surface area contributed by atoms with Gasteiger partial charge in [0.25, 0.3) is 5.91 Å². The molecule has 3 N–H and O–H groups in total. The minimum absolute atomic E-state index is 0.0433. The summed E-state index contributed by atoms with van der Waals surface area (Å²) < 4.78 is 59.8. The van der Waals surface area contributed by atoms with Crippen molar-refractivity contribution >= 4 is 27.5 Å². The first-order chi connectivity index (χ1) is 20.6. The van der Waals surface area contributed by atoms with E-state index in [2.05, 4.69) is 26.2 Å². The smallest absolute Gasteiger partial charge is 0.259 e. The number of nitrogens with zero attached hydrogens (tertiary/aromatic N) is 5. The van der Waals surface area contributed by atoms with E-state index < -0.39 is 72.6 Å². The van der Waals surface area contributed by atoms with Crippen molar-refractivity contribution in [1.82, 2.24) is 15.0 Å². The Balaban J connectivity index is 1.55. The normalized spacial score (nSPS) is 27.2. The molecular formula is C27H25BrF3N5O7. The average Bonchev–Trinajstić information content (AvgIpc) is 3.64. The number of rotatable bonds is 7. The van der Waals surface area contributed by atoms with Crippen LogP contribution in [-0.4, -0.2) is 99.7 Å². The average molecular weight is 668 g/mol. The summed E-state index contributed by atoms with van der Waals surface area (Å²) in [5.41, 5.74) is 0.221. The highest BCUT2D eigenvalue weighted by Crippen LogP contribution is 2.36. The molecule has 5 rings (SSSR count). The zero-order chi connectivity index (χ0) is 31.0. The summed E-state index contributed by atoms with van der Waals surface area (Å²) in [5, 5.41) is 49.2. The lowest BCUT2D eigenvalue weighted by Crippen LogP contribution is -2.63. The third-order valence-electron chi connectivity index (χ3n) is 7.36. The maximum atomic E-state index is 14.3. The van der Waals surface area contributed by atoms with Crippen LogP contribution in [-0.2, 0) is 19.0 Å². The first-order valence-corrected chi connectivity index (χ1v) is 13.7. The fourth-order valence-corrected chi connectivity index (χ4v) is 5.77. The standard InChI is InChI=1S/C27H25BrF3N5O7/c1-41-25-23(35-8-18(33-34-35)13-4-16(29)22(31)17(30)5-13)24(39)21(9-37)43-26(25)27(40)36(19-10-42-11-20(19)38)15-3-12(7-32)2-14(28)6-15/h2-6,8,19-21,23-26,37-39H,9-11H2,1H3/t19-,20-,21+,23-,24-,25+,26+/m0/s1. The van der Waals surface area contributed by atoms with E-state index in [1.54, 1.807) is 6.07 Å². The molecule has 2 fully saturated rings. The van der Waals surface area contributed by atoms with Crippen LogP contribution in [0.1, 0.15) is 11.6 Å². The van der Waals surface area contributed by atoms with Crippen molar-refractivity contribution in [3.8, 4) is 17.3 Å². The molecule has 0 bridgehead atoms. The van der Waals surface area contributed by atoms with Gasteiger partial charge in [-0.25, -0.2) is 17.9 Å². The maximum Gasteiger partial charge on any atom is 0.259 e. The predicted octanol–water partition coefficient (Wildman–Crippen LogP) is 1.47. The lowest BCUT2D eigenvalue weighted by atomic mass is 9.91. The zero-order valence-electron chi connectivity index (χ0n) is 22.3. The highest BCUT2D eigenvalue weighted by molar-refractivity contribution is 9.10. The number of carbonyl (C=O) groups excluding carboxylic acids is 1. The molecule has 0 saturated carbocycles. The van der Waals surface area contributed by atoms with Gasteiger partial charge >= 0.3 is 0 Å². The van der Waals surface area contributed by atoms with Gasteiger partial charge in [0, 0.05) is 22.8 Å². The van der Waals surface area contributed by atoms with E-state index in [-0.39, 0.29) is 35.7 Å². The van der Waals surface area contributed by atoms with Crippen molar-refractivity contribution in [2.24, 2.45) is 0 Å². The van der Waals surface area contributed by atoms with Gasteiger partial charge in [-0.15, -0.1) is 5.10 Å². The molecule has 1 amide bonds. The highest BCUT2D eigenvalue weighted by Gasteiger charge is 2.52. The Hall–Kier alpha value is -3.43. The SMILES string of the molecule is CO[C@@H]1[C@@H](n2cc(-c3cc(F)c(F)c(F)c3)nn2)[C@@H](O)[C@@H](CO)O[C@H]1C(=O)N(c1cc(Br)cc(C#N)c1)[C@H]1COC[C@@H]1O. The summed E-state index contributed by atoms with van der Waals surface area (Å²) in [5.74, 6) is -5.29. The van der Waals surface area contributed by atoms with Gasteiger partial charge in [-0.3, -0.25) is 4.79 Å². The van der Waals surface area contributed by atoms with Crippen LogP contribution in [0.25, 0.3) is 11.3 Å². The molecule has 2 aliphatic rings. The van der Waals surface area contributed by atoms with Gasteiger partial charge in [0.15, 0.2) is 23.6 Å². The van der Waals surface area contributed by atoms with Crippen LogP contribution in [0.15, 0.2) is 41.0 Å². The molecule has 0 aliphatic carbocycles.